The lowest BCUT2D eigenvalue weighted by molar-refractivity contribution is -0.132. The van der Waals surface area contributed by atoms with Crippen molar-refractivity contribution >= 4 is 5.91 Å². The normalized spacial score (nSPS) is 25.8. The molecule has 4 heteroatoms. The van der Waals surface area contributed by atoms with Gasteiger partial charge in [0.1, 0.15) is 0 Å². The van der Waals surface area contributed by atoms with Gasteiger partial charge in [0.05, 0.1) is 18.7 Å². The molecule has 1 rings (SSSR count). The first kappa shape index (κ1) is 13.5. The third-order valence-electron chi connectivity index (χ3n) is 3.00. The largest absolute Gasteiger partial charge is 0.376 e. The maximum absolute atomic E-state index is 11.9. The van der Waals surface area contributed by atoms with Crippen LogP contribution in [0, 0.1) is 0 Å². The molecule has 0 bridgehead atoms. The van der Waals surface area contributed by atoms with Gasteiger partial charge < -0.3 is 15.0 Å². The van der Waals surface area contributed by atoms with Crippen LogP contribution < -0.4 is 5.32 Å². The van der Waals surface area contributed by atoms with E-state index in [1.807, 2.05) is 18.9 Å². The molecular weight excluding hydrogens is 204 g/mol. The highest BCUT2D eigenvalue weighted by Gasteiger charge is 2.30. The van der Waals surface area contributed by atoms with Gasteiger partial charge in [0.15, 0.2) is 0 Å². The molecule has 2 unspecified atom stereocenters. The lowest BCUT2D eigenvalue weighted by atomic mass is 10.1. The van der Waals surface area contributed by atoms with Crippen molar-refractivity contribution in [1.29, 1.82) is 0 Å². The average Bonchev–Trinajstić information content (AvgIpc) is 2.58. The van der Waals surface area contributed by atoms with Crippen molar-refractivity contribution in [3.8, 4) is 0 Å². The third-order valence-corrected chi connectivity index (χ3v) is 3.00. The first-order valence-corrected chi connectivity index (χ1v) is 5.93. The van der Waals surface area contributed by atoms with E-state index in [-0.39, 0.29) is 23.6 Å². The summed E-state index contributed by atoms with van der Waals surface area (Å²) in [6.07, 6.45) is 1.10. The van der Waals surface area contributed by atoms with E-state index < -0.39 is 0 Å². The third kappa shape index (κ3) is 3.76. The van der Waals surface area contributed by atoms with Gasteiger partial charge in [0.2, 0.25) is 5.91 Å². The van der Waals surface area contributed by atoms with E-state index in [0.29, 0.717) is 6.54 Å². The van der Waals surface area contributed by atoms with Gasteiger partial charge in [0, 0.05) is 19.2 Å². The molecule has 16 heavy (non-hydrogen) atoms. The second-order valence-corrected chi connectivity index (χ2v) is 5.54. The van der Waals surface area contributed by atoms with E-state index in [9.17, 15) is 4.79 Å². The van der Waals surface area contributed by atoms with Gasteiger partial charge >= 0.3 is 0 Å². The molecule has 1 amide bonds. The fraction of sp³-hybridized carbons (Fsp3) is 0.917. The highest BCUT2D eigenvalue weighted by atomic mass is 16.5. The number of carbonyl (C=O) groups is 1. The fourth-order valence-electron chi connectivity index (χ4n) is 1.88. The molecule has 0 saturated carbocycles. The number of carbonyl (C=O) groups excluding carboxylic acids is 1. The van der Waals surface area contributed by atoms with Gasteiger partial charge in [-0.3, -0.25) is 4.79 Å². The van der Waals surface area contributed by atoms with Gasteiger partial charge in [-0.1, -0.05) is 0 Å². The first-order chi connectivity index (χ1) is 7.31. The molecule has 1 N–H and O–H groups in total. The summed E-state index contributed by atoms with van der Waals surface area (Å²) in [5, 5.41) is 3.21. The molecule has 0 aromatic carbocycles. The lowest BCUT2D eigenvalue weighted by Crippen LogP contribution is -2.48. The van der Waals surface area contributed by atoms with E-state index in [1.54, 1.807) is 0 Å². The Balaban J connectivity index is 2.41. The Morgan fingerprint density at radius 1 is 1.50 bits per heavy atom. The van der Waals surface area contributed by atoms with E-state index in [1.165, 1.54) is 0 Å². The van der Waals surface area contributed by atoms with Crippen LogP contribution >= 0.6 is 0 Å². The van der Waals surface area contributed by atoms with E-state index in [0.717, 1.165) is 13.0 Å². The molecule has 1 aliphatic heterocycles. The van der Waals surface area contributed by atoms with Gasteiger partial charge in [-0.25, -0.2) is 0 Å². The van der Waals surface area contributed by atoms with Gasteiger partial charge in [-0.05, 0) is 34.1 Å². The summed E-state index contributed by atoms with van der Waals surface area (Å²) in [7, 11) is 1.86. The summed E-state index contributed by atoms with van der Waals surface area (Å²) >= 11 is 0. The van der Waals surface area contributed by atoms with Gasteiger partial charge in [-0.15, -0.1) is 0 Å². The number of ether oxygens (including phenoxy) is 1. The summed E-state index contributed by atoms with van der Waals surface area (Å²) in [4.78, 5) is 13.7. The van der Waals surface area contributed by atoms with Crippen LogP contribution in [-0.2, 0) is 9.53 Å². The molecule has 1 fully saturated rings. The maximum atomic E-state index is 11.9. The summed E-state index contributed by atoms with van der Waals surface area (Å²) in [6.45, 7) is 9.35. The number of rotatable bonds is 3. The molecular formula is C12H24N2O2. The molecule has 1 saturated heterocycles. The molecule has 0 aromatic rings. The van der Waals surface area contributed by atoms with Crippen molar-refractivity contribution < 1.29 is 9.53 Å². The Kier molecular flexibility index (Phi) is 4.33. The zero-order valence-electron chi connectivity index (χ0n) is 11.0. The van der Waals surface area contributed by atoms with Crippen LogP contribution in [0.25, 0.3) is 0 Å². The Hall–Kier alpha value is -0.610. The number of hydrogen-bond acceptors (Lipinski definition) is 3. The number of nitrogens with zero attached hydrogens (tertiary/aromatic N) is 1. The van der Waals surface area contributed by atoms with Crippen LogP contribution in [0.5, 0.6) is 0 Å². The van der Waals surface area contributed by atoms with E-state index in [2.05, 4.69) is 26.1 Å². The molecule has 0 aliphatic carbocycles. The Bertz CT molecular complexity index is 248. The summed E-state index contributed by atoms with van der Waals surface area (Å²) in [5.74, 6) is 0.136. The van der Waals surface area contributed by atoms with Crippen molar-refractivity contribution in [2.75, 3.05) is 20.2 Å². The monoisotopic (exact) mass is 228 g/mol. The topological polar surface area (TPSA) is 41.6 Å². The highest BCUT2D eigenvalue weighted by Crippen LogP contribution is 2.18. The molecule has 94 valence electrons. The van der Waals surface area contributed by atoms with Crippen LogP contribution in [0.3, 0.4) is 0 Å². The first-order valence-electron chi connectivity index (χ1n) is 5.93. The van der Waals surface area contributed by atoms with Crippen LogP contribution in [0.15, 0.2) is 0 Å². The lowest BCUT2D eigenvalue weighted by Gasteiger charge is -2.28. The minimum atomic E-state index is -0.0196. The Morgan fingerprint density at radius 3 is 2.56 bits per heavy atom. The average molecular weight is 228 g/mol. The van der Waals surface area contributed by atoms with Crippen LogP contribution in [0.2, 0.25) is 0 Å². The number of likely N-dealkylation sites (N-methyl/N-ethyl adjacent to an activating group) is 1. The van der Waals surface area contributed by atoms with Crippen molar-refractivity contribution in [1.82, 2.24) is 10.2 Å². The predicted molar refractivity (Wildman–Crippen MR) is 64.3 cm³/mol. The second kappa shape index (κ2) is 5.15. The molecule has 2 atom stereocenters. The van der Waals surface area contributed by atoms with Crippen molar-refractivity contribution in [2.45, 2.75) is 51.8 Å². The highest BCUT2D eigenvalue weighted by molar-refractivity contribution is 5.78. The molecule has 4 nitrogen and oxygen atoms in total. The van der Waals surface area contributed by atoms with Crippen LogP contribution in [-0.4, -0.2) is 48.7 Å². The van der Waals surface area contributed by atoms with Gasteiger partial charge in [0.25, 0.3) is 0 Å². The van der Waals surface area contributed by atoms with E-state index >= 15 is 0 Å². The minimum absolute atomic E-state index is 0.0196. The molecule has 0 aromatic heterocycles. The Labute approximate surface area is 98.3 Å². The predicted octanol–water partition coefficient (Wildman–Crippen LogP) is 1.01. The molecule has 0 spiro atoms. The van der Waals surface area contributed by atoms with Crippen molar-refractivity contribution in [2.24, 2.45) is 0 Å². The zero-order chi connectivity index (χ0) is 12.3. The van der Waals surface area contributed by atoms with Crippen molar-refractivity contribution in [3.63, 3.8) is 0 Å². The number of amides is 1. The number of hydrogen-bond donors (Lipinski definition) is 1. The summed E-state index contributed by atoms with van der Waals surface area (Å²) < 4.78 is 5.47. The van der Waals surface area contributed by atoms with Crippen LogP contribution in [0.4, 0.5) is 0 Å². The zero-order valence-corrected chi connectivity index (χ0v) is 11.0. The van der Waals surface area contributed by atoms with Crippen LogP contribution in [0.1, 0.15) is 34.1 Å². The minimum Gasteiger partial charge on any atom is -0.376 e. The van der Waals surface area contributed by atoms with Crippen molar-refractivity contribution in [3.05, 3.63) is 0 Å². The molecule has 1 aliphatic rings. The summed E-state index contributed by atoms with van der Waals surface area (Å²) in [6, 6.07) is 0.231. The summed E-state index contributed by atoms with van der Waals surface area (Å²) in [5.41, 5.74) is -0.0196. The van der Waals surface area contributed by atoms with E-state index in [4.69, 9.17) is 4.74 Å². The molecule has 0 radical (unpaired) electrons. The fourth-order valence-corrected chi connectivity index (χ4v) is 1.88. The SMILES string of the molecule is CC1OCCC1N(C)C(=O)CNC(C)(C)C. The molecule has 1 heterocycles. The van der Waals surface area contributed by atoms with Gasteiger partial charge in [-0.2, -0.15) is 0 Å². The maximum Gasteiger partial charge on any atom is 0.236 e. The standard InChI is InChI=1S/C12H24N2O2/c1-9-10(6-7-16-9)14(5)11(15)8-13-12(2,3)4/h9-10,13H,6-8H2,1-5H3. The quantitative estimate of drug-likeness (QED) is 0.784. The smallest absolute Gasteiger partial charge is 0.236 e. The Morgan fingerprint density at radius 2 is 2.12 bits per heavy atom. The second-order valence-electron chi connectivity index (χ2n) is 5.54. The number of nitrogens with one attached hydrogen (secondary N) is 1.